The second-order valence-electron chi connectivity index (χ2n) is 4.52. The minimum absolute atomic E-state index is 0.603. The highest BCUT2D eigenvalue weighted by Crippen LogP contribution is 2.29. The van der Waals surface area contributed by atoms with Gasteiger partial charge in [-0.15, -0.1) is 10.2 Å². The highest BCUT2D eigenvalue weighted by atomic mass is 15.5. The van der Waals surface area contributed by atoms with E-state index in [2.05, 4.69) is 51.0 Å². The molecular formula is C15H15N5. The molecule has 0 bridgehead atoms. The largest absolute Gasteiger partial charge is 0.330 e. The molecule has 2 aromatic carbocycles. The van der Waals surface area contributed by atoms with Crippen LogP contribution in [-0.4, -0.2) is 27.2 Å². The summed E-state index contributed by atoms with van der Waals surface area (Å²) in [4.78, 5) is 0. The number of nitrogens with zero attached hydrogens (tertiary/aromatic N) is 3. The van der Waals surface area contributed by atoms with Gasteiger partial charge in [0.1, 0.15) is 0 Å². The zero-order valence-electron chi connectivity index (χ0n) is 11.0. The fourth-order valence-corrected chi connectivity index (χ4v) is 2.22. The van der Waals surface area contributed by atoms with Crippen LogP contribution in [0.2, 0.25) is 0 Å². The van der Waals surface area contributed by atoms with Crippen molar-refractivity contribution >= 4 is 0 Å². The van der Waals surface area contributed by atoms with Gasteiger partial charge in [0.05, 0.1) is 0 Å². The van der Waals surface area contributed by atoms with E-state index in [-0.39, 0.29) is 0 Å². The van der Waals surface area contributed by atoms with Crippen LogP contribution >= 0.6 is 0 Å². The summed E-state index contributed by atoms with van der Waals surface area (Å²) in [6.45, 7) is 0.665. The van der Waals surface area contributed by atoms with Gasteiger partial charge < -0.3 is 5.73 Å². The van der Waals surface area contributed by atoms with Crippen molar-refractivity contribution in [2.45, 2.75) is 6.42 Å². The van der Waals surface area contributed by atoms with Crippen LogP contribution in [0.5, 0.6) is 0 Å². The van der Waals surface area contributed by atoms with E-state index in [9.17, 15) is 0 Å². The Morgan fingerprint density at radius 3 is 2.35 bits per heavy atom. The number of hydrogen-bond donors (Lipinski definition) is 2. The summed E-state index contributed by atoms with van der Waals surface area (Å²) in [7, 11) is 0. The first-order chi connectivity index (χ1) is 9.88. The highest BCUT2D eigenvalue weighted by molar-refractivity contribution is 5.80. The van der Waals surface area contributed by atoms with E-state index >= 15 is 0 Å². The molecule has 3 rings (SSSR count). The Balaban J connectivity index is 2.02. The summed E-state index contributed by atoms with van der Waals surface area (Å²) in [5, 5.41) is 14.2. The van der Waals surface area contributed by atoms with Crippen LogP contribution in [0.3, 0.4) is 0 Å². The number of nitrogens with one attached hydrogen (secondary N) is 1. The maximum absolute atomic E-state index is 5.57. The lowest BCUT2D eigenvalue weighted by Gasteiger charge is -2.07. The summed E-state index contributed by atoms with van der Waals surface area (Å²) >= 11 is 0. The smallest absolute Gasteiger partial charge is 0.205 e. The van der Waals surface area contributed by atoms with Crippen molar-refractivity contribution in [3.8, 4) is 22.5 Å². The van der Waals surface area contributed by atoms with Crippen LogP contribution in [0.25, 0.3) is 22.5 Å². The SMILES string of the molecule is NCCc1ccc(-c2ccccc2-c2nn[nH]n2)cc1. The topological polar surface area (TPSA) is 80.5 Å². The van der Waals surface area contributed by atoms with Crippen molar-refractivity contribution < 1.29 is 0 Å². The Morgan fingerprint density at radius 1 is 0.950 bits per heavy atom. The van der Waals surface area contributed by atoms with Crippen LogP contribution in [0.4, 0.5) is 0 Å². The molecule has 0 spiro atoms. The number of rotatable bonds is 4. The van der Waals surface area contributed by atoms with Crippen LogP contribution in [0.15, 0.2) is 48.5 Å². The summed E-state index contributed by atoms with van der Waals surface area (Å²) < 4.78 is 0. The first-order valence-electron chi connectivity index (χ1n) is 6.50. The third-order valence-electron chi connectivity index (χ3n) is 3.21. The third-order valence-corrected chi connectivity index (χ3v) is 3.21. The van der Waals surface area contributed by atoms with E-state index in [1.54, 1.807) is 0 Å². The fraction of sp³-hybridized carbons (Fsp3) is 0.133. The van der Waals surface area contributed by atoms with Gasteiger partial charge in [0.25, 0.3) is 0 Å². The molecule has 0 amide bonds. The molecule has 1 aromatic heterocycles. The molecule has 3 aromatic rings. The zero-order chi connectivity index (χ0) is 13.8. The maximum atomic E-state index is 5.57. The van der Waals surface area contributed by atoms with Crippen molar-refractivity contribution in [1.82, 2.24) is 20.6 Å². The van der Waals surface area contributed by atoms with Gasteiger partial charge in [-0.25, -0.2) is 0 Å². The lowest BCUT2D eigenvalue weighted by atomic mass is 9.98. The van der Waals surface area contributed by atoms with Gasteiger partial charge in [-0.1, -0.05) is 48.5 Å². The van der Waals surface area contributed by atoms with E-state index in [4.69, 9.17) is 5.73 Å². The summed E-state index contributed by atoms with van der Waals surface area (Å²) in [6, 6.07) is 16.4. The van der Waals surface area contributed by atoms with E-state index in [0.29, 0.717) is 12.4 Å². The van der Waals surface area contributed by atoms with Crippen molar-refractivity contribution in [2.24, 2.45) is 5.73 Å². The molecular weight excluding hydrogens is 250 g/mol. The Bertz CT molecular complexity index is 674. The Kier molecular flexibility index (Phi) is 3.52. The normalized spacial score (nSPS) is 10.7. The second-order valence-corrected chi connectivity index (χ2v) is 4.52. The molecule has 0 atom stereocenters. The van der Waals surface area contributed by atoms with Crippen LogP contribution < -0.4 is 5.73 Å². The molecule has 0 aliphatic carbocycles. The van der Waals surface area contributed by atoms with Gasteiger partial charge in [-0.3, -0.25) is 0 Å². The van der Waals surface area contributed by atoms with Crippen LogP contribution in [0.1, 0.15) is 5.56 Å². The number of hydrogen-bond acceptors (Lipinski definition) is 4. The van der Waals surface area contributed by atoms with E-state index in [0.717, 1.165) is 23.1 Å². The molecule has 0 fully saturated rings. The first-order valence-corrected chi connectivity index (χ1v) is 6.50. The number of H-pyrrole nitrogens is 1. The van der Waals surface area contributed by atoms with Crippen molar-refractivity contribution in [3.63, 3.8) is 0 Å². The highest BCUT2D eigenvalue weighted by Gasteiger charge is 2.10. The van der Waals surface area contributed by atoms with Gasteiger partial charge in [-0.05, 0) is 34.9 Å². The molecule has 0 aliphatic rings. The molecule has 1 heterocycles. The van der Waals surface area contributed by atoms with E-state index in [1.807, 2.05) is 18.2 Å². The van der Waals surface area contributed by atoms with Gasteiger partial charge in [-0.2, -0.15) is 5.21 Å². The summed E-state index contributed by atoms with van der Waals surface area (Å²) in [5.41, 5.74) is 10.0. The van der Waals surface area contributed by atoms with E-state index < -0.39 is 0 Å². The minimum atomic E-state index is 0.603. The van der Waals surface area contributed by atoms with Crippen molar-refractivity contribution in [2.75, 3.05) is 6.54 Å². The zero-order valence-corrected chi connectivity index (χ0v) is 11.0. The average molecular weight is 265 g/mol. The number of tetrazole rings is 1. The molecule has 5 nitrogen and oxygen atoms in total. The second kappa shape index (κ2) is 5.63. The summed E-state index contributed by atoms with van der Waals surface area (Å²) in [5.74, 6) is 0.603. The van der Waals surface area contributed by atoms with Crippen molar-refractivity contribution in [3.05, 3.63) is 54.1 Å². The standard InChI is InChI=1S/C15H15N5/c16-10-9-11-5-7-12(8-6-11)13-3-1-2-4-14(13)15-17-19-20-18-15/h1-8H,9-10,16H2,(H,17,18,19,20). The molecule has 3 N–H and O–H groups in total. The molecule has 0 aliphatic heterocycles. The monoisotopic (exact) mass is 265 g/mol. The average Bonchev–Trinajstić information content (AvgIpc) is 3.03. The third kappa shape index (κ3) is 2.44. The molecule has 0 unspecified atom stereocenters. The number of aromatic amines is 1. The Morgan fingerprint density at radius 2 is 1.70 bits per heavy atom. The lowest BCUT2D eigenvalue weighted by molar-refractivity contribution is 0.881. The van der Waals surface area contributed by atoms with Gasteiger partial charge in [0.15, 0.2) is 0 Å². The molecule has 5 heteroatoms. The van der Waals surface area contributed by atoms with Gasteiger partial charge in [0.2, 0.25) is 5.82 Å². The summed E-state index contributed by atoms with van der Waals surface area (Å²) in [6.07, 6.45) is 0.896. The number of benzene rings is 2. The molecule has 0 saturated carbocycles. The quantitative estimate of drug-likeness (QED) is 0.756. The van der Waals surface area contributed by atoms with Gasteiger partial charge in [0, 0.05) is 5.56 Å². The minimum Gasteiger partial charge on any atom is -0.330 e. The molecule has 100 valence electrons. The van der Waals surface area contributed by atoms with Gasteiger partial charge >= 0.3 is 0 Å². The Hall–Kier alpha value is -2.53. The molecule has 0 saturated heterocycles. The predicted octanol–water partition coefficient (Wildman–Crippen LogP) is 2.03. The molecule has 0 radical (unpaired) electrons. The fourth-order valence-electron chi connectivity index (χ4n) is 2.22. The molecule has 20 heavy (non-hydrogen) atoms. The predicted molar refractivity (Wildman–Crippen MR) is 77.8 cm³/mol. The lowest BCUT2D eigenvalue weighted by Crippen LogP contribution is -2.02. The van der Waals surface area contributed by atoms with Crippen LogP contribution in [0, 0.1) is 0 Å². The van der Waals surface area contributed by atoms with Crippen LogP contribution in [-0.2, 0) is 6.42 Å². The van der Waals surface area contributed by atoms with Crippen molar-refractivity contribution in [1.29, 1.82) is 0 Å². The number of nitrogens with two attached hydrogens (primary N) is 1. The Labute approximate surface area is 116 Å². The van der Waals surface area contributed by atoms with E-state index in [1.165, 1.54) is 5.56 Å². The maximum Gasteiger partial charge on any atom is 0.205 e. The first kappa shape index (κ1) is 12.5. The number of aromatic nitrogens is 4.